The summed E-state index contributed by atoms with van der Waals surface area (Å²) >= 11 is 0. The van der Waals surface area contributed by atoms with Crippen molar-refractivity contribution in [3.63, 3.8) is 0 Å². The minimum Gasteiger partial charge on any atom is -0.501 e. The maximum atomic E-state index is 5.13. The van der Waals surface area contributed by atoms with E-state index in [1.54, 1.807) is 7.11 Å². The standard InChI is InChI=1S/C8H16O/c1-5-7(3)8(6-2)9-4/h5-6H2,1-4H3. The number of hydrogen-bond donors (Lipinski definition) is 0. The molecule has 0 unspecified atom stereocenters. The van der Waals surface area contributed by atoms with Crippen molar-refractivity contribution in [2.45, 2.75) is 33.6 Å². The van der Waals surface area contributed by atoms with Gasteiger partial charge in [-0.05, 0) is 18.9 Å². The SMILES string of the molecule is CCC(C)=C(CC)OC. The van der Waals surface area contributed by atoms with Gasteiger partial charge in [0.25, 0.3) is 0 Å². The lowest BCUT2D eigenvalue weighted by Crippen LogP contribution is -1.88. The van der Waals surface area contributed by atoms with Crippen molar-refractivity contribution in [2.24, 2.45) is 0 Å². The Hall–Kier alpha value is -0.460. The summed E-state index contributed by atoms with van der Waals surface area (Å²) in [6.07, 6.45) is 2.10. The fraction of sp³-hybridized carbons (Fsp3) is 0.750. The molecule has 0 aliphatic rings. The van der Waals surface area contributed by atoms with Gasteiger partial charge in [0, 0.05) is 6.42 Å². The Bertz CT molecular complexity index is 97.1. The first kappa shape index (κ1) is 8.54. The first-order chi connectivity index (χ1) is 4.26. The maximum Gasteiger partial charge on any atom is 0.0941 e. The number of methoxy groups -OCH3 is 1. The lowest BCUT2D eigenvalue weighted by molar-refractivity contribution is 0.274. The third kappa shape index (κ3) is 2.54. The van der Waals surface area contributed by atoms with Crippen LogP contribution in [0, 0.1) is 0 Å². The van der Waals surface area contributed by atoms with Gasteiger partial charge < -0.3 is 4.74 Å². The Balaban J connectivity index is 4.01. The van der Waals surface area contributed by atoms with Crippen LogP contribution in [-0.2, 0) is 4.74 Å². The molecular weight excluding hydrogens is 112 g/mol. The average Bonchev–Trinajstić information content (AvgIpc) is 1.90. The number of hydrogen-bond acceptors (Lipinski definition) is 1. The summed E-state index contributed by atoms with van der Waals surface area (Å²) < 4.78 is 5.13. The van der Waals surface area contributed by atoms with E-state index in [0.717, 1.165) is 18.6 Å². The molecule has 0 aliphatic carbocycles. The van der Waals surface area contributed by atoms with Crippen LogP contribution >= 0.6 is 0 Å². The molecule has 0 rings (SSSR count). The third-order valence-electron chi connectivity index (χ3n) is 1.57. The Morgan fingerprint density at radius 1 is 1.22 bits per heavy atom. The average molecular weight is 128 g/mol. The van der Waals surface area contributed by atoms with E-state index in [2.05, 4.69) is 20.8 Å². The number of ether oxygens (including phenoxy) is 1. The predicted octanol–water partition coefficient (Wildman–Crippen LogP) is 2.73. The molecule has 0 aromatic carbocycles. The third-order valence-corrected chi connectivity index (χ3v) is 1.57. The van der Waals surface area contributed by atoms with Crippen LogP contribution in [0.2, 0.25) is 0 Å². The van der Waals surface area contributed by atoms with Crippen LogP contribution in [0.25, 0.3) is 0 Å². The molecule has 0 saturated heterocycles. The summed E-state index contributed by atoms with van der Waals surface area (Å²) in [7, 11) is 1.73. The quantitative estimate of drug-likeness (QED) is 0.531. The highest BCUT2D eigenvalue weighted by molar-refractivity contribution is 5.03. The van der Waals surface area contributed by atoms with Crippen molar-refractivity contribution in [1.82, 2.24) is 0 Å². The minimum atomic E-state index is 1.01. The Kier molecular flexibility index (Phi) is 4.20. The van der Waals surface area contributed by atoms with Gasteiger partial charge in [0.1, 0.15) is 0 Å². The van der Waals surface area contributed by atoms with E-state index in [4.69, 9.17) is 4.74 Å². The molecule has 9 heavy (non-hydrogen) atoms. The van der Waals surface area contributed by atoms with E-state index in [1.807, 2.05) is 0 Å². The number of rotatable bonds is 3. The lowest BCUT2D eigenvalue weighted by Gasteiger charge is -2.05. The van der Waals surface area contributed by atoms with Crippen molar-refractivity contribution in [3.8, 4) is 0 Å². The molecule has 1 heteroatoms. The Morgan fingerprint density at radius 3 is 1.89 bits per heavy atom. The zero-order valence-corrected chi connectivity index (χ0v) is 6.82. The summed E-state index contributed by atoms with van der Waals surface area (Å²) in [6, 6.07) is 0. The first-order valence-corrected chi connectivity index (χ1v) is 3.48. The highest BCUT2D eigenvalue weighted by Crippen LogP contribution is 2.10. The predicted molar refractivity (Wildman–Crippen MR) is 40.3 cm³/mol. The van der Waals surface area contributed by atoms with Crippen molar-refractivity contribution in [2.75, 3.05) is 7.11 Å². The second-order valence-corrected chi connectivity index (χ2v) is 2.11. The van der Waals surface area contributed by atoms with Crippen LogP contribution < -0.4 is 0 Å². The zero-order chi connectivity index (χ0) is 7.28. The van der Waals surface area contributed by atoms with Gasteiger partial charge in [0.15, 0.2) is 0 Å². The summed E-state index contributed by atoms with van der Waals surface area (Å²) in [6.45, 7) is 6.37. The van der Waals surface area contributed by atoms with Gasteiger partial charge in [-0.1, -0.05) is 13.8 Å². The maximum absolute atomic E-state index is 5.13. The molecule has 0 aromatic heterocycles. The van der Waals surface area contributed by atoms with Crippen LogP contribution in [-0.4, -0.2) is 7.11 Å². The van der Waals surface area contributed by atoms with E-state index < -0.39 is 0 Å². The van der Waals surface area contributed by atoms with E-state index in [1.165, 1.54) is 5.57 Å². The zero-order valence-electron chi connectivity index (χ0n) is 6.82. The van der Waals surface area contributed by atoms with Crippen molar-refractivity contribution >= 4 is 0 Å². The van der Waals surface area contributed by atoms with Gasteiger partial charge in [-0.2, -0.15) is 0 Å². The molecular formula is C8H16O. The second kappa shape index (κ2) is 4.42. The van der Waals surface area contributed by atoms with Gasteiger partial charge in [0.2, 0.25) is 0 Å². The Labute approximate surface area is 57.7 Å². The second-order valence-electron chi connectivity index (χ2n) is 2.11. The first-order valence-electron chi connectivity index (χ1n) is 3.48. The molecule has 0 N–H and O–H groups in total. The molecule has 0 spiro atoms. The summed E-state index contributed by atoms with van der Waals surface area (Å²) in [4.78, 5) is 0. The summed E-state index contributed by atoms with van der Waals surface area (Å²) in [5.41, 5.74) is 1.36. The summed E-state index contributed by atoms with van der Waals surface area (Å²) in [5, 5.41) is 0. The van der Waals surface area contributed by atoms with Crippen LogP contribution in [0.4, 0.5) is 0 Å². The molecule has 0 bridgehead atoms. The van der Waals surface area contributed by atoms with E-state index in [-0.39, 0.29) is 0 Å². The molecule has 0 atom stereocenters. The molecule has 0 fully saturated rings. The van der Waals surface area contributed by atoms with Crippen molar-refractivity contribution in [3.05, 3.63) is 11.3 Å². The smallest absolute Gasteiger partial charge is 0.0941 e. The van der Waals surface area contributed by atoms with Gasteiger partial charge >= 0.3 is 0 Å². The molecule has 0 aliphatic heterocycles. The van der Waals surface area contributed by atoms with E-state index in [0.29, 0.717) is 0 Å². The monoisotopic (exact) mass is 128 g/mol. The topological polar surface area (TPSA) is 9.23 Å². The van der Waals surface area contributed by atoms with Crippen LogP contribution in [0.5, 0.6) is 0 Å². The fourth-order valence-corrected chi connectivity index (χ4v) is 0.818. The Morgan fingerprint density at radius 2 is 1.78 bits per heavy atom. The minimum absolute atomic E-state index is 1.01. The fourth-order valence-electron chi connectivity index (χ4n) is 0.818. The highest BCUT2D eigenvalue weighted by atomic mass is 16.5. The van der Waals surface area contributed by atoms with Crippen LogP contribution in [0.15, 0.2) is 11.3 Å². The molecule has 54 valence electrons. The molecule has 0 aromatic rings. The van der Waals surface area contributed by atoms with Crippen LogP contribution in [0.3, 0.4) is 0 Å². The van der Waals surface area contributed by atoms with Gasteiger partial charge in [-0.25, -0.2) is 0 Å². The van der Waals surface area contributed by atoms with Crippen LogP contribution in [0.1, 0.15) is 33.6 Å². The lowest BCUT2D eigenvalue weighted by atomic mass is 10.2. The largest absolute Gasteiger partial charge is 0.501 e. The van der Waals surface area contributed by atoms with E-state index >= 15 is 0 Å². The molecule has 0 heterocycles. The molecule has 1 nitrogen and oxygen atoms in total. The van der Waals surface area contributed by atoms with Gasteiger partial charge in [0.05, 0.1) is 12.9 Å². The normalized spacial score (nSPS) is 12.9. The molecule has 0 radical (unpaired) electrons. The highest BCUT2D eigenvalue weighted by Gasteiger charge is 1.95. The van der Waals surface area contributed by atoms with Crippen molar-refractivity contribution < 1.29 is 4.74 Å². The molecule has 0 amide bonds. The molecule has 0 saturated carbocycles. The summed E-state index contributed by atoms with van der Waals surface area (Å²) in [5.74, 6) is 1.14. The van der Waals surface area contributed by atoms with E-state index in [9.17, 15) is 0 Å². The van der Waals surface area contributed by atoms with Gasteiger partial charge in [-0.3, -0.25) is 0 Å². The van der Waals surface area contributed by atoms with Gasteiger partial charge in [-0.15, -0.1) is 0 Å². The number of allylic oxidation sites excluding steroid dienone is 2. The van der Waals surface area contributed by atoms with Crippen molar-refractivity contribution in [1.29, 1.82) is 0 Å².